The number of rotatable bonds is 7. The van der Waals surface area contributed by atoms with Crippen LogP contribution in [0.4, 0.5) is 4.79 Å². The van der Waals surface area contributed by atoms with Gasteiger partial charge in [0.05, 0.1) is 0 Å². The van der Waals surface area contributed by atoms with Crippen LogP contribution in [0.5, 0.6) is 0 Å². The molecule has 0 bridgehead atoms. The second-order valence-corrected chi connectivity index (χ2v) is 7.07. The Labute approximate surface area is 124 Å². The highest BCUT2D eigenvalue weighted by molar-refractivity contribution is 5.68. The Bertz CT molecular complexity index is 306. The monoisotopic (exact) mass is 284 g/mol. The van der Waals surface area contributed by atoms with E-state index in [1.54, 1.807) is 4.90 Å². The largest absolute Gasteiger partial charge is 0.444 e. The minimum absolute atomic E-state index is 0.160. The van der Waals surface area contributed by atoms with E-state index in [9.17, 15) is 4.79 Å². The predicted octanol–water partition coefficient (Wildman–Crippen LogP) is 3.41. The van der Waals surface area contributed by atoms with Crippen molar-refractivity contribution < 1.29 is 9.53 Å². The quantitative estimate of drug-likeness (QED) is 0.779. The molecule has 1 atom stereocenters. The van der Waals surface area contributed by atoms with Crippen LogP contribution >= 0.6 is 0 Å². The van der Waals surface area contributed by atoms with E-state index in [0.717, 1.165) is 12.5 Å². The van der Waals surface area contributed by atoms with Gasteiger partial charge >= 0.3 is 6.09 Å². The van der Waals surface area contributed by atoms with E-state index in [0.29, 0.717) is 12.6 Å². The highest BCUT2D eigenvalue weighted by atomic mass is 16.6. The van der Waals surface area contributed by atoms with Crippen molar-refractivity contribution in [2.75, 3.05) is 13.1 Å². The average Bonchev–Trinajstić information content (AvgIpc) is 3.10. The van der Waals surface area contributed by atoms with Crippen LogP contribution in [-0.2, 0) is 4.74 Å². The molecule has 4 nitrogen and oxygen atoms in total. The van der Waals surface area contributed by atoms with Crippen molar-refractivity contribution in [1.82, 2.24) is 10.2 Å². The Hall–Kier alpha value is -0.770. The summed E-state index contributed by atoms with van der Waals surface area (Å²) in [5.74, 6) is 0.856. The van der Waals surface area contributed by atoms with E-state index >= 15 is 0 Å². The van der Waals surface area contributed by atoms with Crippen LogP contribution < -0.4 is 5.32 Å². The first kappa shape index (κ1) is 17.3. The first-order valence-electron chi connectivity index (χ1n) is 7.97. The van der Waals surface area contributed by atoms with Gasteiger partial charge in [0.25, 0.3) is 0 Å². The number of carbonyl (C=O) groups is 1. The maximum absolute atomic E-state index is 12.2. The van der Waals surface area contributed by atoms with Gasteiger partial charge < -0.3 is 15.0 Å². The fourth-order valence-corrected chi connectivity index (χ4v) is 2.39. The molecule has 118 valence electrons. The Morgan fingerprint density at radius 2 is 1.95 bits per heavy atom. The first-order chi connectivity index (χ1) is 9.24. The third kappa shape index (κ3) is 6.12. The SMILES string of the molecule is CCC(NCCN(C(=O)OC(C)(C)C)C(C)C)C1CC1. The van der Waals surface area contributed by atoms with Gasteiger partial charge in [-0.25, -0.2) is 4.79 Å². The highest BCUT2D eigenvalue weighted by Gasteiger charge is 2.30. The van der Waals surface area contributed by atoms with E-state index in [2.05, 4.69) is 12.2 Å². The number of hydrogen-bond donors (Lipinski definition) is 1. The maximum Gasteiger partial charge on any atom is 0.410 e. The van der Waals surface area contributed by atoms with Gasteiger partial charge in [0.15, 0.2) is 0 Å². The third-order valence-electron chi connectivity index (χ3n) is 3.64. The Morgan fingerprint density at radius 3 is 2.35 bits per heavy atom. The number of nitrogens with zero attached hydrogens (tertiary/aromatic N) is 1. The molecule has 1 N–H and O–H groups in total. The van der Waals surface area contributed by atoms with Gasteiger partial charge in [-0.05, 0) is 59.8 Å². The molecule has 0 saturated heterocycles. The van der Waals surface area contributed by atoms with Gasteiger partial charge in [-0.3, -0.25) is 0 Å². The molecule has 4 heteroatoms. The molecule has 1 saturated carbocycles. The van der Waals surface area contributed by atoms with Crippen LogP contribution in [0.2, 0.25) is 0 Å². The lowest BCUT2D eigenvalue weighted by Crippen LogP contribution is -2.45. The van der Waals surface area contributed by atoms with E-state index in [1.807, 2.05) is 34.6 Å². The van der Waals surface area contributed by atoms with Gasteiger partial charge in [-0.15, -0.1) is 0 Å². The van der Waals surface area contributed by atoms with Crippen molar-refractivity contribution >= 4 is 6.09 Å². The van der Waals surface area contributed by atoms with Crippen LogP contribution in [0.25, 0.3) is 0 Å². The van der Waals surface area contributed by atoms with Crippen molar-refractivity contribution in [3.05, 3.63) is 0 Å². The summed E-state index contributed by atoms with van der Waals surface area (Å²) in [5, 5.41) is 3.58. The number of amides is 1. The Kier molecular flexibility index (Phi) is 6.31. The van der Waals surface area contributed by atoms with E-state index in [4.69, 9.17) is 4.74 Å². The molecule has 0 radical (unpaired) electrons. The van der Waals surface area contributed by atoms with E-state index in [1.165, 1.54) is 19.3 Å². The molecular formula is C16H32N2O2. The van der Waals surface area contributed by atoms with Crippen LogP contribution in [0.1, 0.15) is 60.8 Å². The lowest BCUT2D eigenvalue weighted by atomic mass is 10.1. The average molecular weight is 284 g/mol. The predicted molar refractivity (Wildman–Crippen MR) is 82.9 cm³/mol. The second kappa shape index (κ2) is 7.30. The standard InChI is InChI=1S/C16H32N2O2/c1-7-14(13-8-9-13)17-10-11-18(12(2)3)15(19)20-16(4,5)6/h12-14,17H,7-11H2,1-6H3. The molecule has 1 unspecified atom stereocenters. The van der Waals surface area contributed by atoms with Crippen LogP contribution in [-0.4, -0.2) is 41.8 Å². The lowest BCUT2D eigenvalue weighted by Gasteiger charge is -2.30. The number of carbonyl (C=O) groups excluding carboxylic acids is 1. The molecule has 1 fully saturated rings. The molecule has 0 aromatic heterocycles. The smallest absolute Gasteiger partial charge is 0.410 e. The summed E-state index contributed by atoms with van der Waals surface area (Å²) >= 11 is 0. The highest BCUT2D eigenvalue weighted by Crippen LogP contribution is 2.33. The Morgan fingerprint density at radius 1 is 1.35 bits per heavy atom. The molecule has 0 aliphatic heterocycles. The normalized spacial score (nSPS) is 17.1. The molecule has 1 aliphatic carbocycles. The minimum atomic E-state index is -0.433. The summed E-state index contributed by atoms with van der Waals surface area (Å²) in [7, 11) is 0. The summed E-state index contributed by atoms with van der Waals surface area (Å²) in [6, 6.07) is 0.773. The van der Waals surface area contributed by atoms with E-state index < -0.39 is 5.60 Å². The fourth-order valence-electron chi connectivity index (χ4n) is 2.39. The zero-order valence-corrected chi connectivity index (χ0v) is 14.0. The van der Waals surface area contributed by atoms with E-state index in [-0.39, 0.29) is 12.1 Å². The fraction of sp³-hybridized carbons (Fsp3) is 0.938. The summed E-state index contributed by atoms with van der Waals surface area (Å²) in [6.07, 6.45) is 3.66. The van der Waals surface area contributed by atoms with Crippen molar-refractivity contribution in [2.24, 2.45) is 5.92 Å². The van der Waals surface area contributed by atoms with Crippen LogP contribution in [0.15, 0.2) is 0 Å². The molecule has 0 spiro atoms. The van der Waals surface area contributed by atoms with Crippen molar-refractivity contribution in [1.29, 1.82) is 0 Å². The van der Waals surface area contributed by atoms with Crippen molar-refractivity contribution in [3.63, 3.8) is 0 Å². The van der Waals surface area contributed by atoms with Crippen LogP contribution in [0, 0.1) is 5.92 Å². The summed E-state index contributed by atoms with van der Waals surface area (Å²) in [6.45, 7) is 13.5. The van der Waals surface area contributed by atoms with Gasteiger partial charge in [-0.2, -0.15) is 0 Å². The van der Waals surface area contributed by atoms with Gasteiger partial charge in [0.2, 0.25) is 0 Å². The number of hydrogen-bond acceptors (Lipinski definition) is 3. The molecule has 20 heavy (non-hydrogen) atoms. The first-order valence-corrected chi connectivity index (χ1v) is 7.97. The van der Waals surface area contributed by atoms with Gasteiger partial charge in [0, 0.05) is 25.2 Å². The zero-order chi connectivity index (χ0) is 15.3. The van der Waals surface area contributed by atoms with Crippen molar-refractivity contribution in [3.8, 4) is 0 Å². The van der Waals surface area contributed by atoms with Crippen LogP contribution in [0.3, 0.4) is 0 Å². The number of ether oxygens (including phenoxy) is 1. The molecule has 1 amide bonds. The Balaban J connectivity index is 2.40. The summed E-state index contributed by atoms with van der Waals surface area (Å²) in [4.78, 5) is 14.0. The molecule has 1 rings (SSSR count). The lowest BCUT2D eigenvalue weighted by molar-refractivity contribution is 0.0192. The van der Waals surface area contributed by atoms with Gasteiger partial charge in [-0.1, -0.05) is 6.92 Å². The molecule has 0 aromatic rings. The van der Waals surface area contributed by atoms with Crippen molar-refractivity contribution in [2.45, 2.75) is 78.5 Å². The topological polar surface area (TPSA) is 41.6 Å². The number of nitrogens with one attached hydrogen (secondary N) is 1. The molecule has 1 aliphatic rings. The second-order valence-electron chi connectivity index (χ2n) is 7.07. The molecule has 0 aromatic carbocycles. The zero-order valence-electron chi connectivity index (χ0n) is 14.0. The summed E-state index contributed by atoms with van der Waals surface area (Å²) < 4.78 is 5.46. The summed E-state index contributed by atoms with van der Waals surface area (Å²) in [5.41, 5.74) is -0.433. The third-order valence-corrected chi connectivity index (χ3v) is 3.64. The maximum atomic E-state index is 12.2. The molecule has 0 heterocycles. The molecular weight excluding hydrogens is 252 g/mol. The van der Waals surface area contributed by atoms with Gasteiger partial charge in [0.1, 0.15) is 5.60 Å². The minimum Gasteiger partial charge on any atom is -0.444 e.